The van der Waals surface area contributed by atoms with Crippen LogP contribution in [0.25, 0.3) is 0 Å². The Kier molecular flexibility index (Phi) is 6.56. The molecule has 0 aliphatic heterocycles. The monoisotopic (exact) mass is 241 g/mol. The molecule has 100 valence electrons. The van der Waals surface area contributed by atoms with Crippen LogP contribution >= 0.6 is 0 Å². The molecular formula is C14H27NO2. The van der Waals surface area contributed by atoms with E-state index in [1.165, 1.54) is 32.1 Å². The molecule has 17 heavy (non-hydrogen) atoms. The van der Waals surface area contributed by atoms with Crippen LogP contribution in [0.1, 0.15) is 65.2 Å². The summed E-state index contributed by atoms with van der Waals surface area (Å²) in [7, 11) is 0. The molecule has 3 heteroatoms. The van der Waals surface area contributed by atoms with Gasteiger partial charge in [-0.2, -0.15) is 0 Å². The van der Waals surface area contributed by atoms with Crippen molar-refractivity contribution >= 4 is 5.97 Å². The van der Waals surface area contributed by atoms with Crippen LogP contribution in [0, 0.1) is 0 Å². The van der Waals surface area contributed by atoms with Gasteiger partial charge in [0.25, 0.3) is 0 Å². The van der Waals surface area contributed by atoms with Gasteiger partial charge in [0.1, 0.15) is 6.04 Å². The number of aliphatic carboxylic acids is 1. The van der Waals surface area contributed by atoms with Crippen molar-refractivity contribution in [3.63, 3.8) is 0 Å². The molecule has 1 atom stereocenters. The SMILES string of the molecule is CCCCC(C(=O)O)N(CC)C1CCCCC1. The summed E-state index contributed by atoms with van der Waals surface area (Å²) in [5.41, 5.74) is 0. The fourth-order valence-electron chi connectivity index (χ4n) is 2.97. The van der Waals surface area contributed by atoms with Crippen molar-refractivity contribution in [1.29, 1.82) is 0 Å². The lowest BCUT2D eigenvalue weighted by Gasteiger charge is -2.37. The third-order valence-corrected chi connectivity index (χ3v) is 3.93. The molecule has 1 fully saturated rings. The van der Waals surface area contributed by atoms with Gasteiger partial charge in [0.05, 0.1) is 0 Å². The van der Waals surface area contributed by atoms with E-state index < -0.39 is 5.97 Å². The zero-order valence-electron chi connectivity index (χ0n) is 11.3. The van der Waals surface area contributed by atoms with E-state index in [-0.39, 0.29) is 6.04 Å². The van der Waals surface area contributed by atoms with Gasteiger partial charge in [0.15, 0.2) is 0 Å². The second-order valence-corrected chi connectivity index (χ2v) is 5.12. The lowest BCUT2D eigenvalue weighted by atomic mass is 9.92. The molecule has 0 bridgehead atoms. The van der Waals surface area contributed by atoms with Crippen LogP contribution in [0.4, 0.5) is 0 Å². The van der Waals surface area contributed by atoms with Gasteiger partial charge in [0.2, 0.25) is 0 Å². The predicted molar refractivity (Wildman–Crippen MR) is 70.2 cm³/mol. The molecule has 1 aliphatic rings. The Hall–Kier alpha value is -0.570. The highest BCUT2D eigenvalue weighted by Gasteiger charge is 2.30. The van der Waals surface area contributed by atoms with Crippen LogP contribution in [-0.4, -0.2) is 34.6 Å². The summed E-state index contributed by atoms with van der Waals surface area (Å²) in [6.07, 6.45) is 9.11. The number of likely N-dealkylation sites (N-methyl/N-ethyl adjacent to an activating group) is 1. The Labute approximate surface area is 105 Å². The van der Waals surface area contributed by atoms with Gasteiger partial charge in [-0.05, 0) is 25.8 Å². The van der Waals surface area contributed by atoms with Crippen molar-refractivity contribution < 1.29 is 9.90 Å². The number of unbranched alkanes of at least 4 members (excludes halogenated alkanes) is 1. The summed E-state index contributed by atoms with van der Waals surface area (Å²) < 4.78 is 0. The van der Waals surface area contributed by atoms with Crippen molar-refractivity contribution in [3.8, 4) is 0 Å². The molecule has 0 aromatic carbocycles. The van der Waals surface area contributed by atoms with E-state index in [9.17, 15) is 9.90 Å². The molecule has 1 saturated carbocycles. The number of hydrogen-bond acceptors (Lipinski definition) is 2. The van der Waals surface area contributed by atoms with Crippen molar-refractivity contribution in [2.75, 3.05) is 6.54 Å². The summed E-state index contributed by atoms with van der Waals surface area (Å²) in [4.78, 5) is 13.6. The number of hydrogen-bond donors (Lipinski definition) is 1. The first-order valence-electron chi connectivity index (χ1n) is 7.19. The highest BCUT2D eigenvalue weighted by molar-refractivity contribution is 5.73. The van der Waals surface area contributed by atoms with Crippen LogP contribution in [0.15, 0.2) is 0 Å². The normalized spacial score (nSPS) is 19.5. The summed E-state index contributed by atoms with van der Waals surface area (Å²) >= 11 is 0. The Balaban J connectivity index is 2.62. The van der Waals surface area contributed by atoms with E-state index in [1.807, 2.05) is 0 Å². The first kappa shape index (κ1) is 14.5. The fraction of sp³-hybridized carbons (Fsp3) is 0.929. The Morgan fingerprint density at radius 2 is 1.94 bits per heavy atom. The fourth-order valence-corrected chi connectivity index (χ4v) is 2.97. The van der Waals surface area contributed by atoms with Gasteiger partial charge in [0, 0.05) is 6.04 Å². The van der Waals surface area contributed by atoms with Crippen LogP contribution in [0.2, 0.25) is 0 Å². The number of carboxylic acid groups (broad SMARTS) is 1. The molecular weight excluding hydrogens is 214 g/mol. The van der Waals surface area contributed by atoms with Crippen molar-refractivity contribution in [1.82, 2.24) is 4.90 Å². The highest BCUT2D eigenvalue weighted by atomic mass is 16.4. The Morgan fingerprint density at radius 1 is 1.29 bits per heavy atom. The number of carboxylic acids is 1. The molecule has 0 aromatic heterocycles. The van der Waals surface area contributed by atoms with Gasteiger partial charge >= 0.3 is 5.97 Å². The summed E-state index contributed by atoms with van der Waals surface area (Å²) in [6, 6.07) is 0.245. The second kappa shape index (κ2) is 7.70. The van der Waals surface area contributed by atoms with Crippen LogP contribution < -0.4 is 0 Å². The Morgan fingerprint density at radius 3 is 2.41 bits per heavy atom. The molecule has 0 spiro atoms. The molecule has 0 heterocycles. The second-order valence-electron chi connectivity index (χ2n) is 5.12. The van der Waals surface area contributed by atoms with Gasteiger partial charge < -0.3 is 5.11 Å². The first-order valence-corrected chi connectivity index (χ1v) is 7.19. The van der Waals surface area contributed by atoms with Gasteiger partial charge in [-0.15, -0.1) is 0 Å². The molecule has 0 saturated heterocycles. The van der Waals surface area contributed by atoms with Crippen LogP contribution in [0.3, 0.4) is 0 Å². The van der Waals surface area contributed by atoms with Gasteiger partial charge in [-0.1, -0.05) is 46.0 Å². The quantitative estimate of drug-likeness (QED) is 0.743. The average Bonchev–Trinajstić information content (AvgIpc) is 2.35. The maximum Gasteiger partial charge on any atom is 0.320 e. The van der Waals surface area contributed by atoms with Gasteiger partial charge in [-0.3, -0.25) is 9.69 Å². The van der Waals surface area contributed by atoms with E-state index in [0.717, 1.165) is 25.8 Å². The van der Waals surface area contributed by atoms with Crippen LogP contribution in [0.5, 0.6) is 0 Å². The third-order valence-electron chi connectivity index (χ3n) is 3.93. The lowest BCUT2D eigenvalue weighted by molar-refractivity contribution is -0.145. The summed E-state index contributed by atoms with van der Waals surface area (Å²) in [5.74, 6) is -0.633. The minimum Gasteiger partial charge on any atom is -0.480 e. The number of rotatable bonds is 7. The van der Waals surface area contributed by atoms with Crippen LogP contribution in [-0.2, 0) is 4.79 Å². The van der Waals surface area contributed by atoms with E-state index in [2.05, 4.69) is 18.7 Å². The highest BCUT2D eigenvalue weighted by Crippen LogP contribution is 2.25. The zero-order chi connectivity index (χ0) is 12.7. The molecule has 0 aromatic rings. The topological polar surface area (TPSA) is 40.5 Å². The lowest BCUT2D eigenvalue weighted by Crippen LogP contribution is -2.48. The van der Waals surface area contributed by atoms with Crippen molar-refractivity contribution in [2.24, 2.45) is 0 Å². The van der Waals surface area contributed by atoms with Crippen molar-refractivity contribution in [3.05, 3.63) is 0 Å². The molecule has 1 rings (SSSR count). The predicted octanol–water partition coefficient (Wildman–Crippen LogP) is 3.28. The van der Waals surface area contributed by atoms with Crippen molar-refractivity contribution in [2.45, 2.75) is 77.3 Å². The smallest absolute Gasteiger partial charge is 0.320 e. The molecule has 3 nitrogen and oxygen atoms in total. The number of carbonyl (C=O) groups is 1. The zero-order valence-corrected chi connectivity index (χ0v) is 11.3. The number of nitrogens with zero attached hydrogens (tertiary/aromatic N) is 1. The van der Waals surface area contributed by atoms with E-state index in [0.29, 0.717) is 6.04 Å². The molecule has 1 unspecified atom stereocenters. The van der Waals surface area contributed by atoms with Gasteiger partial charge in [-0.25, -0.2) is 0 Å². The molecule has 1 aliphatic carbocycles. The van der Waals surface area contributed by atoms with E-state index >= 15 is 0 Å². The largest absolute Gasteiger partial charge is 0.480 e. The maximum absolute atomic E-state index is 11.4. The molecule has 1 N–H and O–H groups in total. The average molecular weight is 241 g/mol. The van der Waals surface area contributed by atoms with E-state index in [4.69, 9.17) is 0 Å². The standard InChI is InChI=1S/C14H27NO2/c1-3-5-11-13(14(16)17)15(4-2)12-9-7-6-8-10-12/h12-13H,3-11H2,1-2H3,(H,16,17). The van der Waals surface area contributed by atoms with E-state index in [1.54, 1.807) is 0 Å². The summed E-state index contributed by atoms with van der Waals surface area (Å²) in [5, 5.41) is 9.39. The Bertz CT molecular complexity index is 224. The molecule has 0 amide bonds. The summed E-state index contributed by atoms with van der Waals surface area (Å²) in [6.45, 7) is 5.08. The minimum absolute atomic E-state index is 0.261. The third kappa shape index (κ3) is 4.30. The minimum atomic E-state index is -0.633. The molecule has 0 radical (unpaired) electrons. The first-order chi connectivity index (χ1) is 8.20. The maximum atomic E-state index is 11.4.